The number of rotatable bonds is 8. The molecule has 0 N–H and O–H groups in total. The van der Waals surface area contributed by atoms with Gasteiger partial charge >= 0.3 is 5.97 Å². The van der Waals surface area contributed by atoms with Crippen LogP contribution in [0.4, 0.5) is 0 Å². The van der Waals surface area contributed by atoms with E-state index in [1.165, 1.54) is 0 Å². The molecule has 140 valence electrons. The maximum Gasteiger partial charge on any atom is 0.379 e. The van der Waals surface area contributed by atoms with Gasteiger partial charge in [-0.15, -0.1) is 11.8 Å². The summed E-state index contributed by atoms with van der Waals surface area (Å²) in [6.07, 6.45) is 2.52. The Bertz CT molecular complexity index is 852. The lowest BCUT2D eigenvalue weighted by Crippen LogP contribution is -2.19. The highest BCUT2D eigenvalue weighted by molar-refractivity contribution is 7.98. The van der Waals surface area contributed by atoms with Crippen LogP contribution >= 0.6 is 11.8 Å². The van der Waals surface area contributed by atoms with Crippen molar-refractivity contribution >= 4 is 29.3 Å². The molecular weight excluding hydrogens is 360 g/mol. The summed E-state index contributed by atoms with van der Waals surface area (Å²) in [4.78, 5) is 37.8. The largest absolute Gasteiger partial charge is 0.455 e. The van der Waals surface area contributed by atoms with Gasteiger partial charge in [0.2, 0.25) is 0 Å². The third kappa shape index (κ3) is 5.41. The number of ether oxygens (including phenoxy) is 1. The lowest BCUT2D eigenvalue weighted by atomic mass is 9.99. The Morgan fingerprint density at radius 3 is 2.04 bits per heavy atom. The number of benzene rings is 2. The molecular formula is C22H22O4S. The Morgan fingerprint density at radius 2 is 1.48 bits per heavy atom. The van der Waals surface area contributed by atoms with Gasteiger partial charge < -0.3 is 4.74 Å². The van der Waals surface area contributed by atoms with Crippen molar-refractivity contribution in [3.8, 4) is 0 Å². The fourth-order valence-corrected chi connectivity index (χ4v) is 2.93. The number of thioether (sulfide) groups is 1. The van der Waals surface area contributed by atoms with E-state index >= 15 is 0 Å². The number of esters is 1. The highest BCUT2D eigenvalue weighted by Gasteiger charge is 2.19. The maximum atomic E-state index is 12.7. The normalized spacial score (nSPS) is 11.5. The molecule has 0 aromatic heterocycles. The van der Waals surface area contributed by atoms with Gasteiger partial charge in [-0.1, -0.05) is 37.3 Å². The number of hydrogen-bond donors (Lipinski definition) is 0. The van der Waals surface area contributed by atoms with Gasteiger partial charge in [0, 0.05) is 16.0 Å². The van der Waals surface area contributed by atoms with Crippen LogP contribution in [0.2, 0.25) is 0 Å². The molecule has 0 spiro atoms. The minimum absolute atomic E-state index is 0.0750. The molecule has 0 saturated carbocycles. The van der Waals surface area contributed by atoms with Crippen LogP contribution in [0, 0.1) is 0 Å². The quantitative estimate of drug-likeness (QED) is 0.217. The summed E-state index contributed by atoms with van der Waals surface area (Å²) in [5, 5.41) is 0. The second-order valence-electron chi connectivity index (χ2n) is 5.91. The number of Topliss-reactive ketones (excluding diaryl/α,β-unsaturated/α-hetero) is 2. The van der Waals surface area contributed by atoms with E-state index in [1.54, 1.807) is 61.2 Å². The second kappa shape index (κ2) is 9.88. The maximum absolute atomic E-state index is 12.7. The molecule has 0 aliphatic rings. The van der Waals surface area contributed by atoms with Gasteiger partial charge in [0.15, 0.2) is 5.78 Å². The molecule has 0 heterocycles. The van der Waals surface area contributed by atoms with E-state index in [0.29, 0.717) is 23.1 Å². The van der Waals surface area contributed by atoms with E-state index in [2.05, 4.69) is 0 Å². The summed E-state index contributed by atoms with van der Waals surface area (Å²) in [6.45, 7) is 3.53. The minimum atomic E-state index is -0.920. The summed E-state index contributed by atoms with van der Waals surface area (Å²) in [6, 6.07) is 15.6. The van der Waals surface area contributed by atoms with E-state index in [1.807, 2.05) is 25.3 Å². The zero-order valence-electron chi connectivity index (χ0n) is 15.7. The summed E-state index contributed by atoms with van der Waals surface area (Å²) in [5.74, 6) is -1.72. The van der Waals surface area contributed by atoms with Crippen LogP contribution in [-0.2, 0) is 9.53 Å². The van der Waals surface area contributed by atoms with Crippen molar-refractivity contribution in [1.82, 2.24) is 0 Å². The molecule has 0 atom stereocenters. The third-order valence-corrected chi connectivity index (χ3v) is 4.99. The smallest absolute Gasteiger partial charge is 0.379 e. The molecule has 2 aromatic carbocycles. The fourth-order valence-electron chi connectivity index (χ4n) is 2.52. The van der Waals surface area contributed by atoms with Crippen molar-refractivity contribution in [1.29, 1.82) is 0 Å². The molecule has 0 fully saturated rings. The summed E-state index contributed by atoms with van der Waals surface area (Å²) in [5.41, 5.74) is 2.10. The first-order chi connectivity index (χ1) is 13.0. The highest BCUT2D eigenvalue weighted by atomic mass is 32.2. The summed E-state index contributed by atoms with van der Waals surface area (Å²) >= 11 is 1.61. The number of carbonyl (C=O) groups is 3. The van der Waals surface area contributed by atoms with Crippen molar-refractivity contribution in [3.63, 3.8) is 0 Å². The van der Waals surface area contributed by atoms with Crippen LogP contribution in [0.5, 0.6) is 0 Å². The first-order valence-corrected chi connectivity index (χ1v) is 9.84. The highest BCUT2D eigenvalue weighted by Crippen LogP contribution is 2.19. The van der Waals surface area contributed by atoms with Crippen molar-refractivity contribution in [2.45, 2.75) is 25.2 Å². The van der Waals surface area contributed by atoms with Crippen LogP contribution in [0.25, 0.3) is 0 Å². The molecule has 0 unspecified atom stereocenters. The van der Waals surface area contributed by atoms with Gasteiger partial charge in [0.05, 0.1) is 0 Å². The van der Waals surface area contributed by atoms with Gasteiger partial charge in [0.25, 0.3) is 5.78 Å². The van der Waals surface area contributed by atoms with E-state index in [4.69, 9.17) is 4.74 Å². The number of hydrogen-bond acceptors (Lipinski definition) is 5. The monoisotopic (exact) mass is 382 g/mol. The second-order valence-corrected chi connectivity index (χ2v) is 6.79. The van der Waals surface area contributed by atoms with Gasteiger partial charge in [0.1, 0.15) is 6.61 Å². The molecule has 0 amide bonds. The van der Waals surface area contributed by atoms with Gasteiger partial charge in [-0.25, -0.2) is 4.79 Å². The molecule has 5 heteroatoms. The molecule has 27 heavy (non-hydrogen) atoms. The van der Waals surface area contributed by atoms with Crippen molar-refractivity contribution in [3.05, 3.63) is 76.9 Å². The van der Waals surface area contributed by atoms with Gasteiger partial charge in [-0.05, 0) is 55.0 Å². The zero-order valence-corrected chi connectivity index (χ0v) is 16.5. The Balaban J connectivity index is 2.08. The molecule has 4 nitrogen and oxygen atoms in total. The van der Waals surface area contributed by atoms with Gasteiger partial charge in [-0.2, -0.15) is 0 Å². The van der Waals surface area contributed by atoms with Crippen LogP contribution in [0.15, 0.2) is 70.6 Å². The predicted octanol–water partition coefficient (Wildman–Crippen LogP) is 4.74. The van der Waals surface area contributed by atoms with Crippen LogP contribution in [0.1, 0.15) is 41.0 Å². The van der Waals surface area contributed by atoms with E-state index < -0.39 is 11.8 Å². The van der Waals surface area contributed by atoms with Crippen LogP contribution in [-0.4, -0.2) is 30.4 Å². The SMILES string of the molecule is CC/C(COC(=O)C(=O)c1ccccc1)=C(/C)C(=O)c1ccc(SC)cc1. The number of allylic oxidation sites excluding steroid dienone is 1. The third-order valence-electron chi connectivity index (χ3n) is 4.25. The van der Waals surface area contributed by atoms with E-state index in [-0.39, 0.29) is 18.0 Å². The average molecular weight is 382 g/mol. The lowest BCUT2D eigenvalue weighted by Gasteiger charge is -2.11. The Morgan fingerprint density at radius 1 is 0.889 bits per heavy atom. The molecule has 2 aromatic rings. The zero-order chi connectivity index (χ0) is 19.8. The summed E-state index contributed by atoms with van der Waals surface area (Å²) in [7, 11) is 0. The van der Waals surface area contributed by atoms with E-state index in [0.717, 1.165) is 4.90 Å². The van der Waals surface area contributed by atoms with Crippen molar-refractivity contribution in [2.24, 2.45) is 0 Å². The Labute approximate surface area is 163 Å². The Kier molecular flexibility index (Phi) is 7.55. The Hall–Kier alpha value is -2.66. The number of carbonyl (C=O) groups excluding carboxylic acids is 3. The number of ketones is 2. The predicted molar refractivity (Wildman–Crippen MR) is 107 cm³/mol. The average Bonchev–Trinajstić information content (AvgIpc) is 2.73. The molecule has 0 bridgehead atoms. The van der Waals surface area contributed by atoms with Crippen molar-refractivity contribution in [2.75, 3.05) is 12.9 Å². The molecule has 0 radical (unpaired) electrons. The van der Waals surface area contributed by atoms with Crippen molar-refractivity contribution < 1.29 is 19.1 Å². The molecule has 0 saturated heterocycles. The first kappa shape index (κ1) is 20.6. The summed E-state index contributed by atoms with van der Waals surface area (Å²) < 4.78 is 5.15. The minimum Gasteiger partial charge on any atom is -0.455 e. The first-order valence-electron chi connectivity index (χ1n) is 8.61. The molecule has 0 aliphatic heterocycles. The standard InChI is InChI=1S/C22H22O4S/c1-4-16(14-26-22(25)21(24)17-8-6-5-7-9-17)15(2)20(23)18-10-12-19(27-3)13-11-18/h5-13H,4,14H2,1-3H3/b16-15+. The van der Waals surface area contributed by atoms with Crippen LogP contribution < -0.4 is 0 Å². The van der Waals surface area contributed by atoms with E-state index in [9.17, 15) is 14.4 Å². The lowest BCUT2D eigenvalue weighted by molar-refractivity contribution is -0.137. The molecule has 0 aliphatic carbocycles. The van der Waals surface area contributed by atoms with Crippen LogP contribution in [0.3, 0.4) is 0 Å². The fraction of sp³-hybridized carbons (Fsp3) is 0.227. The molecule has 2 rings (SSSR count). The topological polar surface area (TPSA) is 60.4 Å². The van der Waals surface area contributed by atoms with Gasteiger partial charge in [-0.3, -0.25) is 9.59 Å².